The van der Waals surface area contributed by atoms with Gasteiger partial charge in [-0.15, -0.1) is 0 Å². The quantitative estimate of drug-likeness (QED) is 0.792. The zero-order chi connectivity index (χ0) is 15.0. The van der Waals surface area contributed by atoms with Gasteiger partial charge >= 0.3 is 6.03 Å². The Kier molecular flexibility index (Phi) is 7.62. The van der Waals surface area contributed by atoms with E-state index < -0.39 is 0 Å². The second kappa shape index (κ2) is 8.97. The average Bonchev–Trinajstić information content (AvgIpc) is 2.43. The summed E-state index contributed by atoms with van der Waals surface area (Å²) in [4.78, 5) is 14.1. The van der Waals surface area contributed by atoms with Crippen LogP contribution in [0.25, 0.3) is 0 Å². The van der Waals surface area contributed by atoms with Crippen molar-refractivity contribution in [2.75, 3.05) is 25.0 Å². The molecule has 1 rings (SSSR count). The van der Waals surface area contributed by atoms with Crippen molar-refractivity contribution in [3.63, 3.8) is 0 Å². The molecule has 0 atom stereocenters. The number of hydrogen-bond donors (Lipinski definition) is 2. The molecule has 0 radical (unpaired) electrons. The lowest BCUT2D eigenvalue weighted by Crippen LogP contribution is -2.37. The minimum atomic E-state index is -0.104. The molecule has 2 amide bonds. The van der Waals surface area contributed by atoms with E-state index in [4.69, 9.17) is 5.11 Å². The lowest BCUT2D eigenvalue weighted by atomic mass is 10.2. The molecule has 1 aromatic carbocycles. The van der Waals surface area contributed by atoms with Gasteiger partial charge in [0.25, 0.3) is 0 Å². The van der Waals surface area contributed by atoms with E-state index in [9.17, 15) is 4.79 Å². The van der Waals surface area contributed by atoms with Gasteiger partial charge in [0.05, 0.1) is 0 Å². The number of aryl methyl sites for hydroxylation is 1. The summed E-state index contributed by atoms with van der Waals surface area (Å²) in [6, 6.07) is 5.71. The van der Waals surface area contributed by atoms with E-state index in [2.05, 4.69) is 28.2 Å². The number of aliphatic hydroxyl groups is 1. The molecule has 4 nitrogen and oxygen atoms in total. The number of urea groups is 1. The molecule has 0 spiro atoms. The highest BCUT2D eigenvalue weighted by Gasteiger charge is 2.13. The number of aliphatic hydroxyl groups excluding tert-OH is 1. The van der Waals surface area contributed by atoms with Crippen LogP contribution < -0.4 is 5.32 Å². The largest absolute Gasteiger partial charge is 0.396 e. The third-order valence-electron chi connectivity index (χ3n) is 3.10. The second-order valence-corrected chi connectivity index (χ2v) is 5.72. The van der Waals surface area contributed by atoms with E-state index >= 15 is 0 Å². The minimum absolute atomic E-state index is 0.103. The molecule has 1 aromatic rings. The fraction of sp³-hybridized carbons (Fsp3) is 0.533. The molecule has 5 heteroatoms. The Morgan fingerprint density at radius 3 is 2.70 bits per heavy atom. The number of halogens is 1. The number of nitrogens with zero attached hydrogens (tertiary/aromatic N) is 1. The molecule has 112 valence electrons. The highest BCUT2D eigenvalue weighted by molar-refractivity contribution is 9.10. The molecule has 0 unspecified atom stereocenters. The van der Waals surface area contributed by atoms with Crippen molar-refractivity contribution in [2.24, 2.45) is 0 Å². The molecule has 0 saturated carbocycles. The summed E-state index contributed by atoms with van der Waals surface area (Å²) in [7, 11) is 0. The molecule has 0 bridgehead atoms. The first-order valence-electron chi connectivity index (χ1n) is 7.01. The van der Waals surface area contributed by atoms with E-state index in [1.54, 1.807) is 4.90 Å². The summed E-state index contributed by atoms with van der Waals surface area (Å²) in [6.07, 6.45) is 2.61. The molecular weight excluding hydrogens is 320 g/mol. The second-order valence-electron chi connectivity index (χ2n) is 4.81. The number of anilines is 1. The lowest BCUT2D eigenvalue weighted by molar-refractivity contribution is 0.201. The molecule has 0 fully saturated rings. The predicted molar refractivity (Wildman–Crippen MR) is 86.1 cm³/mol. The molecule has 2 N–H and O–H groups in total. The molecule has 20 heavy (non-hydrogen) atoms. The van der Waals surface area contributed by atoms with Crippen molar-refractivity contribution < 1.29 is 9.90 Å². The van der Waals surface area contributed by atoms with Crippen LogP contribution in [0, 0.1) is 6.92 Å². The van der Waals surface area contributed by atoms with Crippen LogP contribution in [0.3, 0.4) is 0 Å². The number of rotatable bonds is 7. The average molecular weight is 343 g/mol. The lowest BCUT2D eigenvalue weighted by Gasteiger charge is -2.23. The number of carbonyl (C=O) groups is 1. The zero-order valence-corrected chi connectivity index (χ0v) is 13.7. The summed E-state index contributed by atoms with van der Waals surface area (Å²) >= 11 is 3.41. The highest BCUT2D eigenvalue weighted by atomic mass is 79.9. The van der Waals surface area contributed by atoms with Crippen LogP contribution >= 0.6 is 15.9 Å². The van der Waals surface area contributed by atoms with Gasteiger partial charge in [-0.25, -0.2) is 4.79 Å². The summed E-state index contributed by atoms with van der Waals surface area (Å²) in [5.41, 5.74) is 1.84. The number of carbonyl (C=O) groups excluding carboxylic acids is 1. The number of unbranched alkanes of at least 4 members (excludes halogenated alkanes) is 1. The molecule has 0 aliphatic rings. The standard InChI is InChI=1S/C15H23BrN2O2/c1-3-4-8-18(9-5-10-19)15(20)17-14-11-13(16)7-6-12(14)2/h6-7,11,19H,3-5,8-10H2,1-2H3,(H,17,20). The van der Waals surface area contributed by atoms with Crippen LogP contribution in [0.15, 0.2) is 22.7 Å². The van der Waals surface area contributed by atoms with Crippen molar-refractivity contribution in [3.05, 3.63) is 28.2 Å². The maximum absolute atomic E-state index is 12.3. The maximum atomic E-state index is 12.3. The molecule has 0 aliphatic heterocycles. The van der Waals surface area contributed by atoms with E-state index in [1.165, 1.54) is 0 Å². The van der Waals surface area contributed by atoms with Gasteiger partial charge in [-0.2, -0.15) is 0 Å². The Bertz CT molecular complexity index is 430. The Morgan fingerprint density at radius 2 is 2.05 bits per heavy atom. The summed E-state index contributed by atoms with van der Waals surface area (Å²) in [6.45, 7) is 5.46. The van der Waals surface area contributed by atoms with Gasteiger partial charge in [0.2, 0.25) is 0 Å². The van der Waals surface area contributed by atoms with Crippen molar-refractivity contribution in [1.29, 1.82) is 0 Å². The van der Waals surface area contributed by atoms with E-state index in [0.717, 1.165) is 35.1 Å². The van der Waals surface area contributed by atoms with E-state index in [-0.39, 0.29) is 12.6 Å². The molecule has 0 saturated heterocycles. The smallest absolute Gasteiger partial charge is 0.321 e. The summed E-state index contributed by atoms with van der Waals surface area (Å²) in [5, 5.41) is 11.9. The SMILES string of the molecule is CCCCN(CCCO)C(=O)Nc1cc(Br)ccc1C. The van der Waals surface area contributed by atoms with Crippen LogP contribution in [0.4, 0.5) is 10.5 Å². The first kappa shape index (κ1) is 17.0. The monoisotopic (exact) mass is 342 g/mol. The fourth-order valence-corrected chi connectivity index (χ4v) is 2.21. The number of nitrogens with one attached hydrogen (secondary N) is 1. The third kappa shape index (κ3) is 5.51. The predicted octanol–water partition coefficient (Wildman–Crippen LogP) is 3.77. The molecular formula is C15H23BrN2O2. The van der Waals surface area contributed by atoms with Crippen molar-refractivity contribution >= 4 is 27.6 Å². The zero-order valence-electron chi connectivity index (χ0n) is 12.2. The first-order valence-corrected chi connectivity index (χ1v) is 7.80. The van der Waals surface area contributed by atoms with Gasteiger partial charge in [0, 0.05) is 29.9 Å². The van der Waals surface area contributed by atoms with Crippen LogP contribution in [-0.2, 0) is 0 Å². The van der Waals surface area contributed by atoms with Gasteiger partial charge in [-0.05, 0) is 37.5 Å². The number of amides is 2. The van der Waals surface area contributed by atoms with Crippen LogP contribution in [0.2, 0.25) is 0 Å². The first-order chi connectivity index (χ1) is 9.58. The van der Waals surface area contributed by atoms with Gasteiger partial charge in [0.15, 0.2) is 0 Å². The van der Waals surface area contributed by atoms with Gasteiger partial charge in [0.1, 0.15) is 0 Å². The topological polar surface area (TPSA) is 52.6 Å². The Hall–Kier alpha value is -1.07. The van der Waals surface area contributed by atoms with Crippen molar-refractivity contribution in [3.8, 4) is 0 Å². The van der Waals surface area contributed by atoms with Gasteiger partial charge < -0.3 is 15.3 Å². The minimum Gasteiger partial charge on any atom is -0.396 e. The Morgan fingerprint density at radius 1 is 1.35 bits per heavy atom. The molecule has 0 aliphatic carbocycles. The third-order valence-corrected chi connectivity index (χ3v) is 3.59. The number of benzene rings is 1. The maximum Gasteiger partial charge on any atom is 0.321 e. The van der Waals surface area contributed by atoms with E-state index in [0.29, 0.717) is 13.0 Å². The molecule has 0 aromatic heterocycles. The normalized spacial score (nSPS) is 10.4. The van der Waals surface area contributed by atoms with Crippen LogP contribution in [0.5, 0.6) is 0 Å². The Balaban J connectivity index is 2.70. The Labute approximate surface area is 129 Å². The fourth-order valence-electron chi connectivity index (χ4n) is 1.85. The highest BCUT2D eigenvalue weighted by Crippen LogP contribution is 2.21. The molecule has 0 heterocycles. The summed E-state index contributed by atoms with van der Waals surface area (Å²) < 4.78 is 0.939. The van der Waals surface area contributed by atoms with Crippen LogP contribution in [0.1, 0.15) is 31.7 Å². The summed E-state index contributed by atoms with van der Waals surface area (Å²) in [5.74, 6) is 0. The van der Waals surface area contributed by atoms with Crippen LogP contribution in [-0.4, -0.2) is 35.7 Å². The number of hydrogen-bond acceptors (Lipinski definition) is 2. The van der Waals surface area contributed by atoms with Crippen molar-refractivity contribution in [2.45, 2.75) is 33.1 Å². The van der Waals surface area contributed by atoms with E-state index in [1.807, 2.05) is 25.1 Å². The van der Waals surface area contributed by atoms with Gasteiger partial charge in [-0.1, -0.05) is 35.3 Å². The van der Waals surface area contributed by atoms with Crippen molar-refractivity contribution in [1.82, 2.24) is 4.90 Å². The van der Waals surface area contributed by atoms with Gasteiger partial charge in [-0.3, -0.25) is 0 Å².